The maximum absolute atomic E-state index is 11.9. The van der Waals surface area contributed by atoms with Gasteiger partial charge >= 0.3 is 0 Å². The van der Waals surface area contributed by atoms with Crippen LogP contribution in [0, 0.1) is 0 Å². The van der Waals surface area contributed by atoms with Crippen LogP contribution >= 0.6 is 0 Å². The summed E-state index contributed by atoms with van der Waals surface area (Å²) in [6.45, 7) is 0.613. The molecule has 1 heterocycles. The molecule has 1 N–H and O–H groups in total. The molecule has 1 aliphatic heterocycles. The first-order valence-electron chi connectivity index (χ1n) is 7.80. The number of carbonyl (C=O) groups is 3. The van der Waals surface area contributed by atoms with Crippen LogP contribution < -0.4 is 5.32 Å². The Morgan fingerprint density at radius 2 is 1.86 bits per heavy atom. The van der Waals surface area contributed by atoms with Crippen molar-refractivity contribution in [3.8, 4) is 0 Å². The van der Waals surface area contributed by atoms with Gasteiger partial charge in [-0.1, -0.05) is 30.3 Å². The largest absolute Gasteiger partial charge is 0.351 e. The van der Waals surface area contributed by atoms with E-state index in [9.17, 15) is 14.4 Å². The Morgan fingerprint density at radius 3 is 2.55 bits per heavy atom. The molecule has 116 valence electrons. The molecule has 0 aromatic heterocycles. The number of ketones is 1. The number of carbonyl (C=O) groups excluding carboxylic acids is 3. The van der Waals surface area contributed by atoms with Crippen LogP contribution in [0.5, 0.6) is 0 Å². The van der Waals surface area contributed by atoms with Gasteiger partial charge in [0, 0.05) is 37.4 Å². The average Bonchev–Trinajstić information content (AvgIpc) is 3.30. The number of benzene rings is 1. The van der Waals surface area contributed by atoms with E-state index < -0.39 is 0 Å². The minimum absolute atomic E-state index is 0.0298. The molecule has 1 aromatic rings. The highest BCUT2D eigenvalue weighted by Gasteiger charge is 2.39. The number of hydrogen-bond donors (Lipinski definition) is 1. The van der Waals surface area contributed by atoms with E-state index in [1.807, 2.05) is 23.1 Å². The number of hydrogen-bond acceptors (Lipinski definition) is 3. The maximum Gasteiger partial charge on any atom is 0.225 e. The summed E-state index contributed by atoms with van der Waals surface area (Å²) in [5.74, 6) is -0.0502. The molecule has 1 unspecified atom stereocenters. The molecule has 1 aromatic carbocycles. The smallest absolute Gasteiger partial charge is 0.225 e. The fourth-order valence-corrected chi connectivity index (χ4v) is 2.86. The van der Waals surface area contributed by atoms with Gasteiger partial charge in [-0.05, 0) is 12.8 Å². The van der Waals surface area contributed by atoms with Crippen molar-refractivity contribution in [1.82, 2.24) is 10.2 Å². The number of Topliss-reactive ketones (excluding diaryl/α,β-unsaturated/α-hetero) is 1. The van der Waals surface area contributed by atoms with Crippen molar-refractivity contribution in [2.75, 3.05) is 6.54 Å². The van der Waals surface area contributed by atoms with E-state index in [1.165, 1.54) is 0 Å². The fourth-order valence-electron chi connectivity index (χ4n) is 2.86. The lowest BCUT2D eigenvalue weighted by Gasteiger charge is -2.16. The lowest BCUT2D eigenvalue weighted by Crippen LogP contribution is -2.37. The number of likely N-dealkylation sites (tertiary alicyclic amines) is 1. The van der Waals surface area contributed by atoms with E-state index in [0.717, 1.165) is 12.8 Å². The van der Waals surface area contributed by atoms with Gasteiger partial charge in [0.15, 0.2) is 5.78 Å². The Kier molecular flexibility index (Phi) is 4.22. The number of nitrogens with zero attached hydrogens (tertiary/aromatic N) is 1. The molecule has 1 aliphatic carbocycles. The van der Waals surface area contributed by atoms with Crippen molar-refractivity contribution < 1.29 is 14.4 Å². The van der Waals surface area contributed by atoms with E-state index in [2.05, 4.69) is 5.32 Å². The Morgan fingerprint density at radius 1 is 1.14 bits per heavy atom. The molecular formula is C17H20N2O3. The summed E-state index contributed by atoms with van der Waals surface area (Å²) in [4.78, 5) is 37.6. The van der Waals surface area contributed by atoms with E-state index in [-0.39, 0.29) is 36.5 Å². The van der Waals surface area contributed by atoms with Gasteiger partial charge in [0.05, 0.1) is 6.04 Å². The summed E-state index contributed by atoms with van der Waals surface area (Å²) in [6, 6.07) is 9.27. The van der Waals surface area contributed by atoms with Crippen LogP contribution in [0.2, 0.25) is 0 Å². The van der Waals surface area contributed by atoms with Gasteiger partial charge in [-0.3, -0.25) is 14.4 Å². The second-order valence-corrected chi connectivity index (χ2v) is 6.04. The van der Waals surface area contributed by atoms with Gasteiger partial charge < -0.3 is 10.2 Å². The van der Waals surface area contributed by atoms with Crippen LogP contribution in [0.3, 0.4) is 0 Å². The van der Waals surface area contributed by atoms with Gasteiger partial charge in [0.25, 0.3) is 0 Å². The minimum Gasteiger partial charge on any atom is -0.351 e. The Balaban J connectivity index is 1.43. The monoisotopic (exact) mass is 300 g/mol. The first-order chi connectivity index (χ1) is 10.6. The lowest BCUT2D eigenvalue weighted by molar-refractivity contribution is -0.128. The van der Waals surface area contributed by atoms with Crippen LogP contribution in [0.25, 0.3) is 0 Å². The van der Waals surface area contributed by atoms with Gasteiger partial charge in [-0.2, -0.15) is 0 Å². The third-order valence-corrected chi connectivity index (χ3v) is 4.19. The molecular weight excluding hydrogens is 280 g/mol. The minimum atomic E-state index is -0.153. The lowest BCUT2D eigenvalue weighted by atomic mass is 10.1. The van der Waals surface area contributed by atoms with Crippen LogP contribution in [0.4, 0.5) is 0 Å². The first kappa shape index (κ1) is 14.8. The average molecular weight is 300 g/mol. The van der Waals surface area contributed by atoms with Gasteiger partial charge in [0.2, 0.25) is 11.8 Å². The zero-order valence-corrected chi connectivity index (χ0v) is 12.5. The highest BCUT2D eigenvalue weighted by atomic mass is 16.2. The van der Waals surface area contributed by atoms with E-state index in [4.69, 9.17) is 0 Å². The third kappa shape index (κ3) is 3.53. The molecule has 1 atom stereocenters. The maximum atomic E-state index is 11.9. The zero-order chi connectivity index (χ0) is 15.5. The molecule has 2 aliphatic rings. The molecule has 3 rings (SSSR count). The number of rotatable bonds is 6. The molecule has 1 saturated carbocycles. The normalized spacial score (nSPS) is 21.0. The van der Waals surface area contributed by atoms with Gasteiger partial charge in [0.1, 0.15) is 0 Å². The second-order valence-electron chi connectivity index (χ2n) is 6.04. The summed E-state index contributed by atoms with van der Waals surface area (Å²) < 4.78 is 0. The summed E-state index contributed by atoms with van der Waals surface area (Å²) in [5.41, 5.74) is 0.631. The molecule has 0 bridgehead atoms. The van der Waals surface area contributed by atoms with Crippen LogP contribution in [0.1, 0.15) is 42.5 Å². The summed E-state index contributed by atoms with van der Waals surface area (Å²) in [7, 11) is 0. The van der Waals surface area contributed by atoms with Crippen molar-refractivity contribution >= 4 is 17.6 Å². The summed E-state index contributed by atoms with van der Waals surface area (Å²) in [6.07, 6.45) is 2.91. The highest BCUT2D eigenvalue weighted by Crippen LogP contribution is 2.30. The first-order valence-corrected chi connectivity index (χ1v) is 7.80. The molecule has 2 fully saturated rings. The van der Waals surface area contributed by atoms with Crippen molar-refractivity contribution in [2.45, 2.75) is 44.2 Å². The topological polar surface area (TPSA) is 66.5 Å². The zero-order valence-electron chi connectivity index (χ0n) is 12.5. The Labute approximate surface area is 129 Å². The van der Waals surface area contributed by atoms with Crippen molar-refractivity contribution in [1.29, 1.82) is 0 Å². The summed E-state index contributed by atoms with van der Waals surface area (Å²) in [5, 5.41) is 2.88. The summed E-state index contributed by atoms with van der Waals surface area (Å²) >= 11 is 0. The van der Waals surface area contributed by atoms with Gasteiger partial charge in [-0.25, -0.2) is 0 Å². The third-order valence-electron chi connectivity index (χ3n) is 4.19. The Bertz CT molecular complexity index is 581. The predicted molar refractivity (Wildman–Crippen MR) is 81.3 cm³/mol. The number of nitrogens with one attached hydrogen (secondary N) is 1. The van der Waals surface area contributed by atoms with E-state index in [0.29, 0.717) is 24.6 Å². The van der Waals surface area contributed by atoms with Gasteiger partial charge in [-0.15, -0.1) is 0 Å². The standard InChI is InChI=1S/C17H20N2O3/c20-15(12-4-2-1-3-5-12)8-9-16(21)18-13-10-17(22)19(11-13)14-6-7-14/h1-5,13-14H,6-11H2,(H,18,21). The van der Waals surface area contributed by atoms with Crippen molar-refractivity contribution in [2.24, 2.45) is 0 Å². The Hall–Kier alpha value is -2.17. The fraction of sp³-hybridized carbons (Fsp3) is 0.471. The molecule has 0 spiro atoms. The van der Waals surface area contributed by atoms with Crippen LogP contribution in [-0.2, 0) is 9.59 Å². The SMILES string of the molecule is O=C(CCC(=O)c1ccccc1)NC1CC(=O)N(C2CC2)C1. The van der Waals surface area contributed by atoms with Crippen molar-refractivity contribution in [3.63, 3.8) is 0 Å². The highest BCUT2D eigenvalue weighted by molar-refractivity contribution is 5.98. The van der Waals surface area contributed by atoms with E-state index >= 15 is 0 Å². The molecule has 1 saturated heterocycles. The second kappa shape index (κ2) is 6.30. The predicted octanol–water partition coefficient (Wildman–Crippen LogP) is 1.53. The quantitative estimate of drug-likeness (QED) is 0.810. The molecule has 2 amide bonds. The molecule has 5 nitrogen and oxygen atoms in total. The van der Waals surface area contributed by atoms with E-state index in [1.54, 1.807) is 12.1 Å². The van der Waals surface area contributed by atoms with Crippen molar-refractivity contribution in [3.05, 3.63) is 35.9 Å². The number of amides is 2. The van der Waals surface area contributed by atoms with Crippen LogP contribution in [-0.4, -0.2) is 41.1 Å². The molecule has 5 heteroatoms. The molecule has 0 radical (unpaired) electrons. The molecule has 22 heavy (non-hydrogen) atoms. The van der Waals surface area contributed by atoms with Crippen LogP contribution in [0.15, 0.2) is 30.3 Å².